The zero-order valence-corrected chi connectivity index (χ0v) is 16.2. The van der Waals surface area contributed by atoms with Crippen molar-refractivity contribution in [2.75, 3.05) is 0 Å². The van der Waals surface area contributed by atoms with Gasteiger partial charge in [0.05, 0.1) is 6.54 Å². The molecule has 0 spiro atoms. The molecular weight excluding hydrogens is 368 g/mol. The Labute approximate surface area is 164 Å². The molecule has 0 radical (unpaired) electrons. The highest BCUT2D eigenvalue weighted by molar-refractivity contribution is 7.80. The van der Waals surface area contributed by atoms with Crippen LogP contribution in [-0.2, 0) is 6.54 Å². The first-order valence-electron chi connectivity index (χ1n) is 9.34. The molecule has 5 nitrogen and oxygen atoms in total. The number of nitrogens with zero attached hydrogens (tertiary/aromatic N) is 3. The number of aromatic nitrogens is 2. The van der Waals surface area contributed by atoms with Crippen molar-refractivity contribution in [3.05, 3.63) is 35.2 Å². The van der Waals surface area contributed by atoms with Crippen LogP contribution < -0.4 is 5.32 Å². The fourth-order valence-electron chi connectivity index (χ4n) is 3.43. The summed E-state index contributed by atoms with van der Waals surface area (Å²) in [6, 6.07) is 8.40. The smallest absolute Gasteiger partial charge is 0.247 e. The van der Waals surface area contributed by atoms with Gasteiger partial charge in [-0.1, -0.05) is 30.9 Å². The van der Waals surface area contributed by atoms with E-state index in [0.717, 1.165) is 10.7 Å². The molecule has 2 aliphatic rings. The first-order chi connectivity index (χ1) is 12.7. The summed E-state index contributed by atoms with van der Waals surface area (Å²) in [4.78, 5) is 2.21. The van der Waals surface area contributed by atoms with Crippen molar-refractivity contribution in [1.82, 2.24) is 20.4 Å². The molecular formula is C19H23ClN4OS. The number of hydrogen-bond donors (Lipinski definition) is 1. The Hall–Kier alpha value is -1.66. The zero-order chi connectivity index (χ0) is 17.9. The summed E-state index contributed by atoms with van der Waals surface area (Å²) in [5.41, 5.74) is 0.869. The minimum absolute atomic E-state index is 0.490. The third-order valence-electron chi connectivity index (χ3n) is 5.04. The maximum atomic E-state index is 5.94. The molecule has 1 heterocycles. The van der Waals surface area contributed by atoms with Crippen LogP contribution in [0.25, 0.3) is 11.5 Å². The lowest BCUT2D eigenvalue weighted by atomic mass is 9.96. The van der Waals surface area contributed by atoms with E-state index in [1.165, 1.54) is 44.9 Å². The molecule has 1 aromatic carbocycles. The SMILES string of the molecule is S=C(NC1CCCCC1)N(Cc1nnc(-c2ccc(Cl)cc2)o1)C1CC1. The largest absolute Gasteiger partial charge is 0.419 e. The van der Waals surface area contributed by atoms with Crippen LogP contribution in [0.15, 0.2) is 28.7 Å². The summed E-state index contributed by atoms with van der Waals surface area (Å²) in [7, 11) is 0. The van der Waals surface area contributed by atoms with E-state index in [1.807, 2.05) is 24.3 Å². The number of halogens is 1. The Balaban J connectivity index is 1.42. The molecule has 0 bridgehead atoms. The van der Waals surface area contributed by atoms with Crippen LogP contribution in [0.4, 0.5) is 0 Å². The maximum absolute atomic E-state index is 5.94. The van der Waals surface area contributed by atoms with E-state index < -0.39 is 0 Å². The predicted molar refractivity (Wildman–Crippen MR) is 106 cm³/mol. The number of nitrogens with one attached hydrogen (secondary N) is 1. The number of thiocarbonyl (C=S) groups is 1. The van der Waals surface area contributed by atoms with Gasteiger partial charge in [-0.3, -0.25) is 0 Å². The van der Waals surface area contributed by atoms with E-state index >= 15 is 0 Å². The molecule has 4 rings (SSSR count). The van der Waals surface area contributed by atoms with Gasteiger partial charge >= 0.3 is 0 Å². The fraction of sp³-hybridized carbons (Fsp3) is 0.526. The van der Waals surface area contributed by atoms with Crippen molar-refractivity contribution in [3.63, 3.8) is 0 Å². The lowest BCUT2D eigenvalue weighted by molar-refractivity contribution is 0.328. The van der Waals surface area contributed by atoms with Gasteiger partial charge in [-0.25, -0.2) is 0 Å². The molecule has 7 heteroatoms. The van der Waals surface area contributed by atoms with Gasteiger partial charge in [-0.15, -0.1) is 10.2 Å². The van der Waals surface area contributed by atoms with Crippen LogP contribution >= 0.6 is 23.8 Å². The van der Waals surface area contributed by atoms with Gasteiger partial charge < -0.3 is 14.6 Å². The van der Waals surface area contributed by atoms with Crippen molar-refractivity contribution in [2.45, 2.75) is 63.6 Å². The van der Waals surface area contributed by atoms with Crippen LogP contribution in [0.2, 0.25) is 5.02 Å². The summed E-state index contributed by atoms with van der Waals surface area (Å²) in [5.74, 6) is 1.10. The molecule has 0 aliphatic heterocycles. The highest BCUT2D eigenvalue weighted by Crippen LogP contribution is 2.29. The van der Waals surface area contributed by atoms with Crippen molar-refractivity contribution in [3.8, 4) is 11.5 Å². The van der Waals surface area contributed by atoms with E-state index in [9.17, 15) is 0 Å². The number of hydrogen-bond acceptors (Lipinski definition) is 4. The molecule has 2 aromatic rings. The lowest BCUT2D eigenvalue weighted by Crippen LogP contribution is -2.46. The Morgan fingerprint density at radius 1 is 1.12 bits per heavy atom. The van der Waals surface area contributed by atoms with Crippen LogP contribution in [0.1, 0.15) is 50.8 Å². The molecule has 1 aromatic heterocycles. The predicted octanol–water partition coefficient (Wildman–Crippen LogP) is 4.56. The highest BCUT2D eigenvalue weighted by Gasteiger charge is 2.33. The van der Waals surface area contributed by atoms with Crippen LogP contribution in [0.3, 0.4) is 0 Å². The first-order valence-corrected chi connectivity index (χ1v) is 10.1. The molecule has 0 amide bonds. The Morgan fingerprint density at radius 3 is 2.54 bits per heavy atom. The fourth-order valence-corrected chi connectivity index (χ4v) is 3.94. The monoisotopic (exact) mass is 390 g/mol. The molecule has 26 heavy (non-hydrogen) atoms. The summed E-state index contributed by atoms with van der Waals surface area (Å²) in [5, 5.41) is 13.5. The third kappa shape index (κ3) is 4.35. The van der Waals surface area contributed by atoms with Crippen molar-refractivity contribution < 1.29 is 4.42 Å². The summed E-state index contributed by atoms with van der Waals surface area (Å²) in [6.07, 6.45) is 8.68. The molecule has 0 saturated heterocycles. The van der Waals surface area contributed by atoms with Crippen LogP contribution in [-0.4, -0.2) is 32.3 Å². The van der Waals surface area contributed by atoms with Crippen molar-refractivity contribution >= 4 is 28.9 Å². The van der Waals surface area contributed by atoms with Gasteiger partial charge in [0, 0.05) is 22.7 Å². The standard InChI is InChI=1S/C19H23ClN4OS/c20-14-8-6-13(7-9-14)18-23-22-17(25-18)12-24(16-10-11-16)19(26)21-15-4-2-1-3-5-15/h6-9,15-16H,1-5,10-12H2,(H,21,26). The van der Waals surface area contributed by atoms with Crippen LogP contribution in [0.5, 0.6) is 0 Å². The molecule has 2 aliphatic carbocycles. The number of benzene rings is 1. The van der Waals surface area contributed by atoms with E-state index in [0.29, 0.717) is 35.4 Å². The second kappa shape index (κ2) is 7.92. The Morgan fingerprint density at radius 2 is 1.85 bits per heavy atom. The molecule has 0 atom stereocenters. The van der Waals surface area contributed by atoms with Gasteiger partial charge in [0.2, 0.25) is 11.8 Å². The summed E-state index contributed by atoms with van der Waals surface area (Å²) >= 11 is 11.6. The summed E-state index contributed by atoms with van der Waals surface area (Å²) in [6.45, 7) is 0.559. The van der Waals surface area contributed by atoms with E-state index in [2.05, 4.69) is 20.4 Å². The van der Waals surface area contributed by atoms with E-state index in [1.54, 1.807) is 0 Å². The second-order valence-corrected chi connectivity index (χ2v) is 7.97. The normalized spacial score (nSPS) is 17.9. The number of rotatable bonds is 5. The average molecular weight is 391 g/mol. The van der Waals surface area contributed by atoms with Crippen molar-refractivity contribution in [1.29, 1.82) is 0 Å². The lowest BCUT2D eigenvalue weighted by Gasteiger charge is -2.30. The third-order valence-corrected chi connectivity index (χ3v) is 5.65. The van der Waals surface area contributed by atoms with Gasteiger partial charge in [-0.2, -0.15) is 0 Å². The zero-order valence-electron chi connectivity index (χ0n) is 14.7. The molecule has 2 fully saturated rings. The highest BCUT2D eigenvalue weighted by atomic mass is 35.5. The van der Waals surface area contributed by atoms with E-state index in [4.69, 9.17) is 28.2 Å². The van der Waals surface area contributed by atoms with Gasteiger partial charge in [0.25, 0.3) is 0 Å². The summed E-state index contributed by atoms with van der Waals surface area (Å²) < 4.78 is 5.86. The molecule has 2 saturated carbocycles. The van der Waals surface area contributed by atoms with Gasteiger partial charge in [0.1, 0.15) is 0 Å². The average Bonchev–Trinajstić information content (AvgIpc) is 3.39. The second-order valence-electron chi connectivity index (χ2n) is 7.15. The minimum atomic E-state index is 0.490. The van der Waals surface area contributed by atoms with Gasteiger partial charge in [-0.05, 0) is 62.2 Å². The maximum Gasteiger partial charge on any atom is 0.247 e. The Kier molecular flexibility index (Phi) is 5.41. The Bertz CT molecular complexity index is 753. The van der Waals surface area contributed by atoms with E-state index in [-0.39, 0.29) is 0 Å². The quantitative estimate of drug-likeness (QED) is 0.755. The molecule has 138 valence electrons. The molecule has 0 unspecified atom stereocenters. The first kappa shape index (κ1) is 17.7. The van der Waals surface area contributed by atoms with Crippen molar-refractivity contribution in [2.24, 2.45) is 0 Å². The topological polar surface area (TPSA) is 54.2 Å². The van der Waals surface area contributed by atoms with Gasteiger partial charge in [0.15, 0.2) is 5.11 Å². The van der Waals surface area contributed by atoms with Crippen LogP contribution in [0, 0.1) is 0 Å². The minimum Gasteiger partial charge on any atom is -0.419 e. The molecule has 1 N–H and O–H groups in total.